The highest BCUT2D eigenvalue weighted by Crippen LogP contribution is 2.39. The Morgan fingerprint density at radius 3 is 1.04 bits per heavy atom. The number of carbonyl (C=O) groups excluding carboxylic acids is 7. The third kappa shape index (κ3) is 27.1. The molecule has 9 rings (SSSR count). The van der Waals surface area contributed by atoms with Crippen LogP contribution in [-0.4, -0.2) is 240 Å². The lowest BCUT2D eigenvalue weighted by molar-refractivity contribution is -0.0134. The van der Waals surface area contributed by atoms with Gasteiger partial charge in [-0.05, 0) is 148 Å². The first kappa shape index (κ1) is 83.1. The number of hydrogen-bond donors (Lipinski definition) is 2. The Morgan fingerprint density at radius 1 is 0.475 bits per heavy atom. The Bertz CT molecular complexity index is 3080. The summed E-state index contributed by atoms with van der Waals surface area (Å²) in [5.74, 6) is -0.922. The summed E-state index contributed by atoms with van der Waals surface area (Å²) in [6.45, 7) is 32.1. The summed E-state index contributed by atoms with van der Waals surface area (Å²) in [4.78, 5) is 92.6. The molecule has 7 aliphatic heterocycles. The summed E-state index contributed by atoms with van der Waals surface area (Å²) in [5.41, 5.74) is -1.98. The van der Waals surface area contributed by atoms with Gasteiger partial charge in [0.2, 0.25) is 0 Å². The average Bonchev–Trinajstić information content (AvgIpc) is 1.65. The highest BCUT2D eigenvalue weighted by molar-refractivity contribution is 7.86. The predicted molar refractivity (Wildman–Crippen MR) is 362 cm³/mol. The molecule has 0 saturated carbocycles. The van der Waals surface area contributed by atoms with Crippen molar-refractivity contribution in [2.45, 2.75) is 236 Å². The molecule has 29 heteroatoms. The summed E-state index contributed by atoms with van der Waals surface area (Å²) in [6.07, 6.45) is 0.991. The van der Waals surface area contributed by atoms with Gasteiger partial charge in [0.25, 0.3) is 21.9 Å². The molecular formula is C70H109F4N7O17S. The Balaban J connectivity index is 0.000000228. The summed E-state index contributed by atoms with van der Waals surface area (Å²) in [5, 5.41) is 8.85. The molecule has 560 valence electrons. The molecular weight excluding hydrogens is 1320 g/mol. The first-order valence-corrected chi connectivity index (χ1v) is 35.3. The van der Waals surface area contributed by atoms with Crippen LogP contribution in [-0.2, 0) is 42.7 Å². The number of imide groups is 1. The van der Waals surface area contributed by atoms with Crippen LogP contribution in [0.1, 0.15) is 194 Å². The molecule has 99 heavy (non-hydrogen) atoms. The highest BCUT2D eigenvalue weighted by Gasteiger charge is 2.49. The van der Waals surface area contributed by atoms with Gasteiger partial charge in [-0.3, -0.25) is 18.7 Å². The molecule has 0 radical (unpaired) electrons. The minimum atomic E-state index is -4.01. The van der Waals surface area contributed by atoms with E-state index >= 15 is 4.39 Å². The maximum atomic E-state index is 15.2. The van der Waals surface area contributed by atoms with Crippen LogP contribution < -0.4 is 5.73 Å². The van der Waals surface area contributed by atoms with E-state index in [0.29, 0.717) is 50.1 Å². The number of likely N-dealkylation sites (tertiary alicyclic amines) is 5. The number of epoxide rings is 1. The zero-order chi connectivity index (χ0) is 74.6. The third-order valence-corrected chi connectivity index (χ3v) is 18.2. The zero-order valence-electron chi connectivity index (χ0n) is 61.0. The summed E-state index contributed by atoms with van der Waals surface area (Å²) in [7, 11) is -4.01. The van der Waals surface area contributed by atoms with Crippen molar-refractivity contribution >= 4 is 52.4 Å². The van der Waals surface area contributed by atoms with E-state index < -0.39 is 104 Å². The molecule has 2 aromatic rings. The lowest BCUT2D eigenvalue weighted by Gasteiger charge is -2.38. The van der Waals surface area contributed by atoms with Crippen LogP contribution in [0.25, 0.3) is 0 Å². The van der Waals surface area contributed by atoms with E-state index in [1.165, 1.54) is 26.8 Å². The fourth-order valence-corrected chi connectivity index (χ4v) is 11.7. The van der Waals surface area contributed by atoms with Gasteiger partial charge in [-0.1, -0.05) is 29.8 Å². The number of fused-ring (bicyclic) bond motifs is 1. The minimum absolute atomic E-state index is 0.00195. The van der Waals surface area contributed by atoms with Crippen LogP contribution in [0.5, 0.6) is 0 Å². The second-order valence-corrected chi connectivity index (χ2v) is 33.2. The number of alkyl halides is 4. The van der Waals surface area contributed by atoms with Gasteiger partial charge in [0.15, 0.2) is 0 Å². The van der Waals surface area contributed by atoms with Crippen LogP contribution in [0, 0.1) is 6.92 Å². The Labute approximate surface area is 582 Å². The van der Waals surface area contributed by atoms with E-state index in [4.69, 9.17) is 43.4 Å². The number of ether oxygens (including phenoxy) is 6. The number of aliphatic hydroxyl groups is 1. The molecule has 0 atom stereocenters. The van der Waals surface area contributed by atoms with Crippen LogP contribution in [0.3, 0.4) is 0 Å². The molecule has 7 aliphatic rings. The SMILES string of the molecule is CC(C)(C)OC(=O)N1CCC(F)(CN)CC1.CC(C)(C)OC(=O)N1CCC(F)(CN2C(=O)c3ccccc3C2=O)CC1.CC(C)(C)OC(=O)N1CCC(F)(CO)CC1.CC(C)(C)OC(=O)N1CCC2(CC1)CO2.Cc1ccc(S(=O)(=O)OCC2(F)CCN(C(=O)OC(C)(C)C)CC2)cc1. The van der Waals surface area contributed by atoms with Crippen molar-refractivity contribution < 1.29 is 97.3 Å². The van der Waals surface area contributed by atoms with Crippen molar-refractivity contribution in [2.24, 2.45) is 5.73 Å². The quantitative estimate of drug-likeness (QED) is 0.0816. The number of aliphatic hydroxyl groups excluding tert-OH is 1. The second kappa shape index (κ2) is 33.0. The first-order chi connectivity index (χ1) is 45.4. The highest BCUT2D eigenvalue weighted by atomic mass is 32.2. The molecule has 0 aromatic heterocycles. The van der Waals surface area contributed by atoms with Gasteiger partial charge >= 0.3 is 30.5 Å². The number of benzene rings is 2. The van der Waals surface area contributed by atoms with Gasteiger partial charge in [-0.2, -0.15) is 8.42 Å². The first-order valence-electron chi connectivity index (χ1n) is 33.9. The van der Waals surface area contributed by atoms with Crippen molar-refractivity contribution in [2.75, 3.05) is 98.4 Å². The number of piperidine rings is 5. The van der Waals surface area contributed by atoms with Crippen LogP contribution in [0.2, 0.25) is 0 Å². The number of amides is 7. The normalized spacial score (nSPS) is 20.1. The lowest BCUT2D eigenvalue weighted by atomic mass is 9.93. The topological polar surface area (TPSA) is 287 Å². The largest absolute Gasteiger partial charge is 0.444 e. The van der Waals surface area contributed by atoms with E-state index in [0.717, 1.165) is 43.0 Å². The van der Waals surface area contributed by atoms with E-state index in [9.17, 15) is 55.2 Å². The smallest absolute Gasteiger partial charge is 0.410 e. The Kier molecular flexibility index (Phi) is 27.7. The maximum absolute atomic E-state index is 15.2. The molecule has 7 heterocycles. The van der Waals surface area contributed by atoms with Crippen LogP contribution >= 0.6 is 0 Å². The van der Waals surface area contributed by atoms with E-state index in [-0.39, 0.29) is 100 Å². The predicted octanol–water partition coefficient (Wildman–Crippen LogP) is 11.6. The van der Waals surface area contributed by atoms with Crippen molar-refractivity contribution in [1.29, 1.82) is 0 Å². The van der Waals surface area contributed by atoms with Crippen molar-refractivity contribution in [3.8, 4) is 0 Å². The van der Waals surface area contributed by atoms with Crippen molar-refractivity contribution in [3.63, 3.8) is 0 Å². The number of nitrogens with two attached hydrogens (primary N) is 1. The Hall–Kier alpha value is -6.56. The Morgan fingerprint density at radius 2 is 0.758 bits per heavy atom. The second-order valence-electron chi connectivity index (χ2n) is 31.5. The number of hydrogen-bond acceptors (Lipinski definition) is 18. The number of carbonyl (C=O) groups is 7. The molecule has 1 spiro atoms. The van der Waals surface area contributed by atoms with E-state index in [2.05, 4.69) is 0 Å². The van der Waals surface area contributed by atoms with Gasteiger partial charge in [0.1, 0.15) is 57.3 Å². The molecule has 0 unspecified atom stereocenters. The fourth-order valence-electron chi connectivity index (χ4n) is 10.8. The van der Waals surface area contributed by atoms with Crippen molar-refractivity contribution in [1.82, 2.24) is 29.4 Å². The van der Waals surface area contributed by atoms with E-state index in [1.54, 1.807) is 109 Å². The fraction of sp³-hybridized carbons (Fsp3) is 0.729. The molecule has 3 N–H and O–H groups in total. The molecule has 6 saturated heterocycles. The number of halogens is 4. The molecule has 6 fully saturated rings. The van der Waals surface area contributed by atoms with Gasteiger partial charge in [-0.25, -0.2) is 41.5 Å². The van der Waals surface area contributed by atoms with Gasteiger partial charge in [0, 0.05) is 123 Å². The maximum Gasteiger partial charge on any atom is 0.410 e. The number of aryl methyl sites for hydroxylation is 1. The van der Waals surface area contributed by atoms with Gasteiger partial charge < -0.3 is 63.8 Å². The lowest BCUT2D eigenvalue weighted by Crippen LogP contribution is -2.51. The number of rotatable bonds is 8. The summed E-state index contributed by atoms with van der Waals surface area (Å²) < 4.78 is 119. The van der Waals surface area contributed by atoms with Crippen LogP contribution in [0.4, 0.5) is 41.5 Å². The number of nitrogens with zero attached hydrogens (tertiary/aromatic N) is 6. The molecule has 2 aromatic carbocycles. The molecule has 7 amide bonds. The summed E-state index contributed by atoms with van der Waals surface area (Å²) >= 11 is 0. The minimum Gasteiger partial charge on any atom is -0.444 e. The van der Waals surface area contributed by atoms with Crippen molar-refractivity contribution in [3.05, 3.63) is 65.2 Å². The molecule has 0 aliphatic carbocycles. The van der Waals surface area contributed by atoms with E-state index in [1.807, 2.05) is 48.5 Å². The molecule has 24 nitrogen and oxygen atoms in total. The van der Waals surface area contributed by atoms with Crippen LogP contribution in [0.15, 0.2) is 53.4 Å². The summed E-state index contributed by atoms with van der Waals surface area (Å²) in [6, 6.07) is 12.7. The molecule has 0 bridgehead atoms. The monoisotopic (exact) mass is 1430 g/mol. The standard InChI is InChI=1S/C19H23FN2O4.C18H26FNO5S.C11H21FN2O2.C11H20FNO3.C11H19NO3/c1-18(2,3)26-17(25)21-10-8-19(20,9-11-21)12-22-15(23)13-6-4-5-7-14(13)16(22)24;1-14-5-7-15(8-6-14)26(22,23)24-13-18(19)9-11-20(12-10-18)16(21)25-17(2,3)4;1-10(2,3)16-9(15)14-6-4-11(12,8-13)5-7-14;1-10(2,3)16-9(15)13-6-4-11(12,8-14)5-7-13;1-10(2,3)15-9(13)12-6-4-11(5-7-12)8-14-11/h4-7H,8-12H2,1-3H3;5-8H,9-13H2,1-4H3;4-8,13H2,1-3H3;14H,4-8H2,1-3H3;4-8H2,1-3H3. The van der Waals surface area contributed by atoms with Gasteiger partial charge in [0.05, 0.1) is 41.4 Å². The van der Waals surface area contributed by atoms with Gasteiger partial charge in [-0.15, -0.1) is 0 Å². The average molecular weight is 1430 g/mol. The zero-order valence-corrected chi connectivity index (χ0v) is 61.8. The third-order valence-electron chi connectivity index (χ3n) is 16.9.